The van der Waals surface area contributed by atoms with Crippen LogP contribution in [0, 0.1) is 0 Å². The van der Waals surface area contributed by atoms with Gasteiger partial charge in [0.25, 0.3) is 11.7 Å². The van der Waals surface area contributed by atoms with Gasteiger partial charge in [-0.15, -0.1) is 0 Å². The van der Waals surface area contributed by atoms with E-state index in [0.717, 1.165) is 16.3 Å². The number of aliphatic hydroxyl groups excluding tert-OH is 1. The summed E-state index contributed by atoms with van der Waals surface area (Å²) in [6.45, 7) is 4.03. The van der Waals surface area contributed by atoms with Crippen LogP contribution in [0.1, 0.15) is 36.6 Å². The van der Waals surface area contributed by atoms with Crippen molar-refractivity contribution >= 4 is 28.2 Å². The normalized spacial score (nSPS) is 16.8. The molecule has 1 saturated heterocycles. The van der Waals surface area contributed by atoms with Gasteiger partial charge in [0.2, 0.25) is 0 Å². The summed E-state index contributed by atoms with van der Waals surface area (Å²) in [5.74, 6) is -0.324. The molecule has 1 amide bonds. The zero-order chi connectivity index (χ0) is 26.8. The second kappa shape index (κ2) is 10.4. The average molecular weight is 508 g/mol. The lowest BCUT2D eigenvalue weighted by atomic mass is 9.93. The second-order valence-electron chi connectivity index (χ2n) is 9.54. The summed E-state index contributed by atoms with van der Waals surface area (Å²) in [5, 5.41) is 13.4. The van der Waals surface area contributed by atoms with Gasteiger partial charge >= 0.3 is 0 Å². The van der Waals surface area contributed by atoms with Gasteiger partial charge in [0.05, 0.1) is 24.8 Å². The molecule has 192 valence electrons. The van der Waals surface area contributed by atoms with Gasteiger partial charge in [-0.25, -0.2) is 0 Å². The van der Waals surface area contributed by atoms with Gasteiger partial charge in [0.15, 0.2) is 0 Å². The molecular formula is C32H29NO5. The van der Waals surface area contributed by atoms with Crippen LogP contribution in [0.2, 0.25) is 0 Å². The summed E-state index contributed by atoms with van der Waals surface area (Å²) >= 11 is 0. The Kier molecular flexibility index (Phi) is 6.88. The first-order chi connectivity index (χ1) is 18.4. The first kappa shape index (κ1) is 25.1. The van der Waals surface area contributed by atoms with Crippen LogP contribution in [0.3, 0.4) is 0 Å². The SMILES string of the molecule is COc1cccc(CN2C(=O)C(=O)/C(=C(\O)c3cccc4ccccc34)C2c2cccc(OC(C)C)c2)c1. The monoisotopic (exact) mass is 507 g/mol. The van der Waals surface area contributed by atoms with E-state index < -0.39 is 17.7 Å². The standard InChI is InChI=1S/C32H29NO5/c1-20(2)38-25-14-7-12-23(18-25)29-28(30(34)27-16-8-11-22-10-4-5-15-26(22)27)31(35)32(36)33(29)19-21-9-6-13-24(17-21)37-3/h4-18,20,29,34H,19H2,1-3H3/b30-28-. The summed E-state index contributed by atoms with van der Waals surface area (Å²) in [4.78, 5) is 28.6. The molecule has 0 aliphatic carbocycles. The van der Waals surface area contributed by atoms with E-state index in [-0.39, 0.29) is 24.0 Å². The van der Waals surface area contributed by atoms with Crippen molar-refractivity contribution in [1.82, 2.24) is 4.90 Å². The van der Waals surface area contributed by atoms with Gasteiger partial charge in [-0.2, -0.15) is 0 Å². The topological polar surface area (TPSA) is 76.1 Å². The van der Waals surface area contributed by atoms with Gasteiger partial charge in [-0.3, -0.25) is 9.59 Å². The number of fused-ring (bicyclic) bond motifs is 1. The number of rotatable bonds is 7. The Bertz CT molecular complexity index is 1550. The van der Waals surface area contributed by atoms with Gasteiger partial charge < -0.3 is 19.5 Å². The van der Waals surface area contributed by atoms with Gasteiger partial charge in [-0.05, 0) is 60.0 Å². The number of carbonyl (C=O) groups is 2. The molecule has 0 spiro atoms. The van der Waals surface area contributed by atoms with E-state index in [1.54, 1.807) is 13.2 Å². The molecule has 0 aromatic heterocycles. The molecule has 38 heavy (non-hydrogen) atoms. The Morgan fingerprint density at radius 3 is 2.39 bits per heavy atom. The van der Waals surface area contributed by atoms with Gasteiger partial charge in [0, 0.05) is 12.1 Å². The zero-order valence-electron chi connectivity index (χ0n) is 21.5. The molecule has 1 unspecified atom stereocenters. The molecule has 1 heterocycles. The van der Waals surface area contributed by atoms with Crippen LogP contribution in [0.15, 0.2) is 96.6 Å². The highest BCUT2D eigenvalue weighted by atomic mass is 16.5. The number of Topliss-reactive ketones (excluding diaryl/α,β-unsaturated/α-hetero) is 1. The number of hydrogen-bond acceptors (Lipinski definition) is 5. The maximum atomic E-state index is 13.6. The quantitative estimate of drug-likeness (QED) is 0.182. The predicted molar refractivity (Wildman–Crippen MR) is 147 cm³/mol. The van der Waals surface area contributed by atoms with Crippen molar-refractivity contribution in [2.75, 3.05) is 7.11 Å². The van der Waals surface area contributed by atoms with Crippen molar-refractivity contribution in [2.45, 2.75) is 32.5 Å². The third-order valence-electron chi connectivity index (χ3n) is 6.62. The first-order valence-corrected chi connectivity index (χ1v) is 12.5. The Balaban J connectivity index is 1.69. The highest BCUT2D eigenvalue weighted by Crippen LogP contribution is 2.42. The predicted octanol–water partition coefficient (Wildman–Crippen LogP) is 6.26. The molecule has 1 N–H and O–H groups in total. The second-order valence-corrected chi connectivity index (χ2v) is 9.54. The van der Waals surface area contributed by atoms with Crippen LogP contribution in [-0.2, 0) is 16.1 Å². The fourth-order valence-electron chi connectivity index (χ4n) is 4.96. The van der Waals surface area contributed by atoms with E-state index in [9.17, 15) is 14.7 Å². The minimum atomic E-state index is -0.809. The molecule has 6 heteroatoms. The van der Waals surface area contributed by atoms with Crippen molar-refractivity contribution < 1.29 is 24.2 Å². The van der Waals surface area contributed by atoms with E-state index in [1.807, 2.05) is 98.8 Å². The molecule has 1 atom stereocenters. The molecule has 1 aliphatic heterocycles. The molecule has 5 rings (SSSR count). The molecule has 0 bridgehead atoms. The fraction of sp³-hybridized carbons (Fsp3) is 0.188. The number of carbonyl (C=O) groups excluding carboxylic acids is 2. The number of aliphatic hydroxyl groups is 1. The van der Waals surface area contributed by atoms with Crippen LogP contribution in [0.4, 0.5) is 0 Å². The number of ether oxygens (including phenoxy) is 2. The summed E-state index contributed by atoms with van der Waals surface area (Å²) < 4.78 is 11.3. The Labute approximate surface area is 221 Å². The first-order valence-electron chi connectivity index (χ1n) is 12.5. The number of ketones is 1. The van der Waals surface area contributed by atoms with E-state index in [4.69, 9.17) is 9.47 Å². The highest BCUT2D eigenvalue weighted by molar-refractivity contribution is 6.46. The Morgan fingerprint density at radius 1 is 0.895 bits per heavy atom. The summed E-state index contributed by atoms with van der Waals surface area (Å²) in [7, 11) is 1.58. The van der Waals surface area contributed by atoms with E-state index in [2.05, 4.69) is 0 Å². The van der Waals surface area contributed by atoms with Crippen LogP contribution in [0.5, 0.6) is 11.5 Å². The van der Waals surface area contributed by atoms with Crippen LogP contribution >= 0.6 is 0 Å². The molecule has 4 aromatic rings. The van der Waals surface area contributed by atoms with Crippen LogP contribution in [-0.4, -0.2) is 34.9 Å². The smallest absolute Gasteiger partial charge is 0.295 e. The fourth-order valence-corrected chi connectivity index (χ4v) is 4.96. The van der Waals surface area contributed by atoms with Crippen LogP contribution < -0.4 is 9.47 Å². The maximum absolute atomic E-state index is 13.6. The molecule has 1 aliphatic rings. The summed E-state index contributed by atoms with van der Waals surface area (Å²) in [6.07, 6.45) is -0.0518. The molecule has 1 fully saturated rings. The van der Waals surface area contributed by atoms with Gasteiger partial charge in [0.1, 0.15) is 17.3 Å². The number of hydrogen-bond donors (Lipinski definition) is 1. The number of amides is 1. The lowest BCUT2D eigenvalue weighted by Gasteiger charge is -2.26. The molecule has 6 nitrogen and oxygen atoms in total. The summed E-state index contributed by atoms with van der Waals surface area (Å²) in [5.41, 5.74) is 2.03. The van der Waals surface area contributed by atoms with E-state index in [1.165, 1.54) is 4.90 Å². The molecular weight excluding hydrogens is 478 g/mol. The number of likely N-dealkylation sites (tertiary alicyclic amines) is 1. The van der Waals surface area contributed by atoms with Crippen LogP contribution in [0.25, 0.3) is 16.5 Å². The highest BCUT2D eigenvalue weighted by Gasteiger charge is 2.46. The van der Waals surface area contributed by atoms with Crippen molar-refractivity contribution in [3.63, 3.8) is 0 Å². The lowest BCUT2D eigenvalue weighted by Crippen LogP contribution is -2.29. The Morgan fingerprint density at radius 2 is 1.61 bits per heavy atom. The minimum absolute atomic E-state index is 0.0518. The Hall–Kier alpha value is -4.58. The third kappa shape index (κ3) is 4.73. The number of methoxy groups -OCH3 is 1. The molecule has 0 saturated carbocycles. The molecule has 4 aromatic carbocycles. The summed E-state index contributed by atoms with van der Waals surface area (Å²) in [6, 6.07) is 27.1. The van der Waals surface area contributed by atoms with Crippen molar-refractivity contribution in [1.29, 1.82) is 0 Å². The van der Waals surface area contributed by atoms with Crippen molar-refractivity contribution in [3.05, 3.63) is 113 Å². The number of nitrogens with zero attached hydrogens (tertiary/aromatic N) is 1. The number of benzene rings is 4. The van der Waals surface area contributed by atoms with E-state index in [0.29, 0.717) is 22.6 Å². The van der Waals surface area contributed by atoms with Crippen molar-refractivity contribution in [2.24, 2.45) is 0 Å². The maximum Gasteiger partial charge on any atom is 0.295 e. The minimum Gasteiger partial charge on any atom is -0.507 e. The molecule has 0 radical (unpaired) electrons. The van der Waals surface area contributed by atoms with E-state index >= 15 is 0 Å². The van der Waals surface area contributed by atoms with Crippen molar-refractivity contribution in [3.8, 4) is 11.5 Å². The third-order valence-corrected chi connectivity index (χ3v) is 6.62. The largest absolute Gasteiger partial charge is 0.507 e. The zero-order valence-corrected chi connectivity index (χ0v) is 21.5. The lowest BCUT2D eigenvalue weighted by molar-refractivity contribution is -0.140. The van der Waals surface area contributed by atoms with Gasteiger partial charge in [-0.1, -0.05) is 66.7 Å². The average Bonchev–Trinajstić information content (AvgIpc) is 3.17.